The van der Waals surface area contributed by atoms with Crippen molar-refractivity contribution in [3.8, 4) is 6.19 Å². The molecule has 0 rings (SSSR count). The Morgan fingerprint density at radius 1 is 1.80 bits per heavy atom. The molecular formula is C6H12N4. The third-order valence-electron chi connectivity index (χ3n) is 0.930. The molecule has 0 aliphatic carbocycles. The van der Waals surface area contributed by atoms with Crippen LogP contribution in [0.25, 0.3) is 0 Å². The number of nitrogens with two attached hydrogens (primary N) is 1. The molecular weight excluding hydrogens is 128 g/mol. The van der Waals surface area contributed by atoms with E-state index in [0.29, 0.717) is 25.3 Å². The summed E-state index contributed by atoms with van der Waals surface area (Å²) >= 11 is 0. The van der Waals surface area contributed by atoms with Crippen LogP contribution in [0.3, 0.4) is 0 Å². The van der Waals surface area contributed by atoms with Crippen LogP contribution in [0.15, 0.2) is 4.99 Å². The Hall–Kier alpha value is -1.08. The Bertz CT molecular complexity index is 144. The predicted octanol–water partition coefficient (Wildman–Crippen LogP) is -0.176. The van der Waals surface area contributed by atoms with Crippen LogP contribution in [-0.4, -0.2) is 18.9 Å². The van der Waals surface area contributed by atoms with E-state index >= 15 is 0 Å². The van der Waals surface area contributed by atoms with Gasteiger partial charge in [0.25, 0.3) is 0 Å². The number of hydrogen-bond acceptors (Lipinski definition) is 3. The summed E-state index contributed by atoms with van der Waals surface area (Å²) in [6.07, 6.45) is 2.44. The van der Waals surface area contributed by atoms with Gasteiger partial charge in [-0.15, -0.1) is 0 Å². The van der Waals surface area contributed by atoms with Crippen LogP contribution in [-0.2, 0) is 0 Å². The van der Waals surface area contributed by atoms with Gasteiger partial charge in [0.2, 0.25) is 0 Å². The highest BCUT2D eigenvalue weighted by Gasteiger charge is 1.92. The first-order valence-corrected chi connectivity index (χ1v) is 3.23. The quantitative estimate of drug-likeness (QED) is 0.247. The molecule has 0 amide bonds. The molecule has 0 aromatic carbocycles. The lowest BCUT2D eigenvalue weighted by Gasteiger charge is -1.98. The minimum absolute atomic E-state index is 0.521. The molecule has 0 aromatic heterocycles. The molecule has 0 unspecified atom stereocenters. The summed E-state index contributed by atoms with van der Waals surface area (Å²) < 4.78 is 0. The molecule has 3 N–H and O–H groups in total. The van der Waals surface area contributed by atoms with Crippen molar-refractivity contribution >= 4 is 5.84 Å². The van der Waals surface area contributed by atoms with E-state index < -0.39 is 0 Å². The van der Waals surface area contributed by atoms with E-state index in [-0.39, 0.29) is 0 Å². The monoisotopic (exact) mass is 140 g/mol. The Morgan fingerprint density at radius 2 is 2.50 bits per heavy atom. The molecule has 0 atom stereocenters. The molecule has 10 heavy (non-hydrogen) atoms. The highest BCUT2D eigenvalue weighted by molar-refractivity contribution is 5.83. The van der Waals surface area contributed by atoms with E-state index in [1.807, 2.05) is 6.92 Å². The molecule has 0 fully saturated rings. The fraction of sp³-hybridized carbons (Fsp3) is 0.667. The van der Waals surface area contributed by atoms with Crippen LogP contribution in [0.2, 0.25) is 0 Å². The average Bonchev–Trinajstić information content (AvgIpc) is 1.90. The molecule has 56 valence electrons. The Kier molecular flexibility index (Phi) is 5.39. The van der Waals surface area contributed by atoms with E-state index in [9.17, 15) is 0 Å². The van der Waals surface area contributed by atoms with Gasteiger partial charge in [-0.2, -0.15) is 5.26 Å². The van der Waals surface area contributed by atoms with Crippen molar-refractivity contribution in [1.82, 2.24) is 5.32 Å². The second-order valence-corrected chi connectivity index (χ2v) is 1.70. The van der Waals surface area contributed by atoms with E-state index in [4.69, 9.17) is 11.0 Å². The van der Waals surface area contributed by atoms with Crippen LogP contribution in [0.1, 0.15) is 13.3 Å². The largest absolute Gasteiger partial charge is 0.330 e. The summed E-state index contributed by atoms with van der Waals surface area (Å²) in [5.74, 6) is 0.674. The van der Waals surface area contributed by atoms with Gasteiger partial charge >= 0.3 is 0 Å². The maximum atomic E-state index is 8.21. The number of hydrogen-bond donors (Lipinski definition) is 2. The van der Waals surface area contributed by atoms with E-state index in [2.05, 4.69) is 10.3 Å². The lowest BCUT2D eigenvalue weighted by Crippen LogP contribution is -2.21. The molecule has 0 radical (unpaired) electrons. The number of nitriles is 1. The topological polar surface area (TPSA) is 74.2 Å². The molecule has 0 saturated heterocycles. The number of aliphatic imine (C=N–C) groups is 1. The summed E-state index contributed by atoms with van der Waals surface area (Å²) in [5.41, 5.74) is 5.26. The van der Waals surface area contributed by atoms with Crippen molar-refractivity contribution in [2.45, 2.75) is 13.3 Å². The molecule has 4 heteroatoms. The summed E-state index contributed by atoms with van der Waals surface area (Å²) in [6, 6.07) is 0. The maximum absolute atomic E-state index is 8.21. The smallest absolute Gasteiger partial charge is 0.182 e. The fourth-order valence-corrected chi connectivity index (χ4v) is 0.573. The number of nitrogens with one attached hydrogen (secondary N) is 1. The lowest BCUT2D eigenvalue weighted by molar-refractivity contribution is 0.976. The fourth-order valence-electron chi connectivity index (χ4n) is 0.573. The SMILES string of the molecule is CCN=C(CCN)NC#N. The van der Waals surface area contributed by atoms with Gasteiger partial charge in [-0.3, -0.25) is 10.3 Å². The predicted molar refractivity (Wildman–Crippen MR) is 40.4 cm³/mol. The third kappa shape index (κ3) is 3.87. The maximum Gasteiger partial charge on any atom is 0.182 e. The Labute approximate surface area is 60.7 Å². The molecule has 0 saturated carbocycles. The van der Waals surface area contributed by atoms with Gasteiger partial charge in [0, 0.05) is 13.0 Å². The molecule has 4 nitrogen and oxygen atoms in total. The van der Waals surface area contributed by atoms with Gasteiger partial charge in [-0.25, -0.2) is 0 Å². The number of rotatable bonds is 3. The molecule has 0 aromatic rings. The van der Waals surface area contributed by atoms with Crippen molar-refractivity contribution in [2.24, 2.45) is 10.7 Å². The Balaban J connectivity index is 3.75. The van der Waals surface area contributed by atoms with Gasteiger partial charge in [-0.05, 0) is 13.5 Å². The van der Waals surface area contributed by atoms with Crippen LogP contribution in [0.5, 0.6) is 0 Å². The molecule has 0 aliphatic heterocycles. The zero-order valence-corrected chi connectivity index (χ0v) is 6.09. The van der Waals surface area contributed by atoms with Crippen LogP contribution in [0.4, 0.5) is 0 Å². The van der Waals surface area contributed by atoms with Gasteiger partial charge in [0.05, 0.1) is 0 Å². The normalized spacial score (nSPS) is 10.7. The second kappa shape index (κ2) is 6.05. The van der Waals surface area contributed by atoms with Crippen LogP contribution in [0, 0.1) is 11.5 Å². The molecule has 0 spiro atoms. The van der Waals surface area contributed by atoms with Gasteiger partial charge in [0.1, 0.15) is 5.84 Å². The van der Waals surface area contributed by atoms with Crippen LogP contribution < -0.4 is 11.1 Å². The third-order valence-corrected chi connectivity index (χ3v) is 0.930. The zero-order chi connectivity index (χ0) is 7.82. The first-order valence-electron chi connectivity index (χ1n) is 3.23. The molecule has 0 aliphatic rings. The summed E-state index contributed by atoms with van der Waals surface area (Å²) in [6.45, 7) is 3.12. The van der Waals surface area contributed by atoms with Crippen molar-refractivity contribution in [3.05, 3.63) is 0 Å². The molecule has 0 bridgehead atoms. The summed E-state index contributed by atoms with van der Waals surface area (Å²) in [4.78, 5) is 4.01. The highest BCUT2D eigenvalue weighted by atomic mass is 15.0. The average molecular weight is 140 g/mol. The minimum Gasteiger partial charge on any atom is -0.330 e. The van der Waals surface area contributed by atoms with Gasteiger partial charge in [0.15, 0.2) is 6.19 Å². The van der Waals surface area contributed by atoms with E-state index in [1.54, 1.807) is 6.19 Å². The highest BCUT2D eigenvalue weighted by Crippen LogP contribution is 1.79. The first-order chi connectivity index (χ1) is 4.85. The van der Waals surface area contributed by atoms with Crippen molar-refractivity contribution in [1.29, 1.82) is 5.26 Å². The van der Waals surface area contributed by atoms with Crippen molar-refractivity contribution in [2.75, 3.05) is 13.1 Å². The summed E-state index contributed by atoms with van der Waals surface area (Å²) in [7, 11) is 0. The van der Waals surface area contributed by atoms with Gasteiger partial charge in [-0.1, -0.05) is 0 Å². The van der Waals surface area contributed by atoms with Crippen LogP contribution >= 0.6 is 0 Å². The zero-order valence-electron chi connectivity index (χ0n) is 6.09. The molecule has 0 heterocycles. The van der Waals surface area contributed by atoms with E-state index in [0.717, 1.165) is 0 Å². The number of nitrogens with zero attached hydrogens (tertiary/aromatic N) is 2. The van der Waals surface area contributed by atoms with Crippen molar-refractivity contribution in [3.63, 3.8) is 0 Å². The van der Waals surface area contributed by atoms with Gasteiger partial charge < -0.3 is 5.73 Å². The standard InChI is InChI=1S/C6H12N4/c1-2-9-6(3-4-7)10-5-8/h2-4,7H2,1H3,(H,9,10). The van der Waals surface area contributed by atoms with Crippen molar-refractivity contribution < 1.29 is 0 Å². The lowest BCUT2D eigenvalue weighted by atomic mass is 10.4. The minimum atomic E-state index is 0.521. The first kappa shape index (κ1) is 8.92. The second-order valence-electron chi connectivity index (χ2n) is 1.70. The van der Waals surface area contributed by atoms with E-state index in [1.165, 1.54) is 0 Å². The Morgan fingerprint density at radius 3 is 2.90 bits per heavy atom. The summed E-state index contributed by atoms with van der Waals surface area (Å²) in [5, 5.41) is 10.7. The number of amidine groups is 1.